The van der Waals surface area contributed by atoms with E-state index in [-0.39, 0.29) is 11.1 Å². The number of aromatic amines is 1. The van der Waals surface area contributed by atoms with Crippen molar-refractivity contribution in [2.24, 2.45) is 0 Å². The molecule has 0 aliphatic carbocycles. The Kier molecular flexibility index (Phi) is 6.86. The first-order valence-corrected chi connectivity index (χ1v) is 11.8. The van der Waals surface area contributed by atoms with Crippen LogP contribution in [-0.4, -0.2) is 38.3 Å². The van der Waals surface area contributed by atoms with Gasteiger partial charge in [-0.15, -0.1) is 0 Å². The summed E-state index contributed by atoms with van der Waals surface area (Å²) in [6, 6.07) is 23.8. The Labute approximate surface area is 218 Å². The average molecular weight is 512 g/mol. The standard InChI is InChI=1S/C30H25NO7/c1-34-19-9-11-20(12-10-19)38-25-16-23(29(32)35-2)27(30(33)36-3)26-22-15-21(13-14-24(22)31-28(25)26)37-17-18-7-5-4-6-8-18/h4-16,31H,17H2,1-3H3. The zero-order valence-corrected chi connectivity index (χ0v) is 21.1. The van der Waals surface area contributed by atoms with Gasteiger partial charge in [0.15, 0.2) is 5.75 Å². The first-order valence-electron chi connectivity index (χ1n) is 11.8. The van der Waals surface area contributed by atoms with Crippen LogP contribution in [0.15, 0.2) is 78.9 Å². The number of methoxy groups -OCH3 is 3. The molecule has 38 heavy (non-hydrogen) atoms. The van der Waals surface area contributed by atoms with Crippen LogP contribution in [0.5, 0.6) is 23.0 Å². The Balaban J connectivity index is 1.69. The Bertz CT molecular complexity index is 1620. The lowest BCUT2D eigenvalue weighted by Crippen LogP contribution is -2.12. The van der Waals surface area contributed by atoms with Crippen LogP contribution in [0.25, 0.3) is 21.8 Å². The molecule has 1 heterocycles. The number of rotatable bonds is 8. The summed E-state index contributed by atoms with van der Waals surface area (Å²) < 4.78 is 27.5. The van der Waals surface area contributed by atoms with E-state index in [0.717, 1.165) is 11.1 Å². The second-order valence-electron chi connectivity index (χ2n) is 8.41. The second-order valence-corrected chi connectivity index (χ2v) is 8.41. The van der Waals surface area contributed by atoms with E-state index in [9.17, 15) is 9.59 Å². The van der Waals surface area contributed by atoms with Crippen molar-refractivity contribution in [3.05, 3.63) is 95.6 Å². The van der Waals surface area contributed by atoms with Gasteiger partial charge in [-0.25, -0.2) is 9.59 Å². The third-order valence-corrected chi connectivity index (χ3v) is 6.14. The van der Waals surface area contributed by atoms with Crippen LogP contribution >= 0.6 is 0 Å². The number of H-pyrrole nitrogens is 1. The predicted octanol–water partition coefficient (Wildman–Crippen LogP) is 6.27. The molecule has 0 aliphatic heterocycles. The van der Waals surface area contributed by atoms with Gasteiger partial charge in [0.25, 0.3) is 0 Å². The smallest absolute Gasteiger partial charge is 0.339 e. The maximum Gasteiger partial charge on any atom is 0.339 e. The van der Waals surface area contributed by atoms with Gasteiger partial charge in [-0.1, -0.05) is 30.3 Å². The Morgan fingerprint density at radius 1 is 0.763 bits per heavy atom. The molecule has 4 aromatic carbocycles. The number of nitrogens with one attached hydrogen (secondary N) is 1. The topological polar surface area (TPSA) is 96.1 Å². The lowest BCUT2D eigenvalue weighted by molar-refractivity contribution is 0.0557. The number of esters is 2. The van der Waals surface area contributed by atoms with Crippen molar-refractivity contribution in [3.63, 3.8) is 0 Å². The molecule has 8 heteroatoms. The average Bonchev–Trinajstić information content (AvgIpc) is 3.35. The summed E-state index contributed by atoms with van der Waals surface area (Å²) in [6.07, 6.45) is 0. The van der Waals surface area contributed by atoms with E-state index < -0.39 is 11.9 Å². The molecule has 192 valence electrons. The van der Waals surface area contributed by atoms with Gasteiger partial charge in [-0.3, -0.25) is 0 Å². The Hall–Kier alpha value is -4.98. The van der Waals surface area contributed by atoms with Crippen molar-refractivity contribution >= 4 is 33.7 Å². The second kappa shape index (κ2) is 10.6. The molecule has 0 saturated carbocycles. The van der Waals surface area contributed by atoms with E-state index in [1.807, 2.05) is 48.5 Å². The lowest BCUT2D eigenvalue weighted by atomic mass is 9.99. The fourth-order valence-corrected chi connectivity index (χ4v) is 4.29. The molecule has 0 radical (unpaired) electrons. The van der Waals surface area contributed by atoms with Crippen LogP contribution in [0, 0.1) is 0 Å². The third kappa shape index (κ3) is 4.71. The molecule has 1 aromatic heterocycles. The monoisotopic (exact) mass is 511 g/mol. The van der Waals surface area contributed by atoms with E-state index >= 15 is 0 Å². The summed E-state index contributed by atoms with van der Waals surface area (Å²) in [5.41, 5.74) is 2.35. The number of fused-ring (bicyclic) bond motifs is 3. The van der Waals surface area contributed by atoms with Crippen LogP contribution < -0.4 is 14.2 Å². The molecular formula is C30H25NO7. The van der Waals surface area contributed by atoms with Crippen molar-refractivity contribution < 1.29 is 33.3 Å². The minimum absolute atomic E-state index is 0.0202. The van der Waals surface area contributed by atoms with Crippen LogP contribution in [0.4, 0.5) is 0 Å². The minimum atomic E-state index is -0.697. The van der Waals surface area contributed by atoms with E-state index in [4.69, 9.17) is 23.7 Å². The Morgan fingerprint density at radius 3 is 2.13 bits per heavy atom. The van der Waals surface area contributed by atoms with Gasteiger partial charge in [-0.2, -0.15) is 0 Å². The molecule has 0 amide bonds. The molecule has 5 aromatic rings. The van der Waals surface area contributed by atoms with Crippen molar-refractivity contribution in [1.82, 2.24) is 4.98 Å². The van der Waals surface area contributed by atoms with Crippen molar-refractivity contribution in [1.29, 1.82) is 0 Å². The highest BCUT2D eigenvalue weighted by molar-refractivity contribution is 6.22. The zero-order chi connectivity index (χ0) is 26.6. The molecule has 0 aliphatic rings. The molecule has 5 rings (SSSR count). The number of benzene rings is 4. The van der Waals surface area contributed by atoms with Gasteiger partial charge < -0.3 is 28.7 Å². The molecule has 0 fully saturated rings. The van der Waals surface area contributed by atoms with Crippen molar-refractivity contribution in [2.45, 2.75) is 6.61 Å². The highest BCUT2D eigenvalue weighted by atomic mass is 16.5. The number of carbonyl (C=O) groups excluding carboxylic acids is 2. The van der Waals surface area contributed by atoms with Crippen LogP contribution in [0.2, 0.25) is 0 Å². The van der Waals surface area contributed by atoms with Gasteiger partial charge in [0.05, 0.1) is 38.0 Å². The van der Waals surface area contributed by atoms with Crippen LogP contribution in [0.1, 0.15) is 26.3 Å². The number of ether oxygens (including phenoxy) is 5. The third-order valence-electron chi connectivity index (χ3n) is 6.14. The van der Waals surface area contributed by atoms with Crippen molar-refractivity contribution in [2.75, 3.05) is 21.3 Å². The number of hydrogen-bond acceptors (Lipinski definition) is 7. The molecule has 0 unspecified atom stereocenters. The molecular weight excluding hydrogens is 486 g/mol. The Morgan fingerprint density at radius 2 is 1.45 bits per heavy atom. The quantitative estimate of drug-likeness (QED) is 0.245. The molecule has 0 saturated heterocycles. The van der Waals surface area contributed by atoms with E-state index in [1.54, 1.807) is 31.4 Å². The summed E-state index contributed by atoms with van der Waals surface area (Å²) in [7, 11) is 4.10. The normalized spacial score (nSPS) is 10.8. The molecule has 0 bridgehead atoms. The van der Waals surface area contributed by atoms with Crippen molar-refractivity contribution in [3.8, 4) is 23.0 Å². The summed E-state index contributed by atoms with van der Waals surface area (Å²) in [5, 5.41) is 1.12. The predicted molar refractivity (Wildman–Crippen MR) is 142 cm³/mol. The summed E-state index contributed by atoms with van der Waals surface area (Å²) in [6.45, 7) is 0.373. The largest absolute Gasteiger partial charge is 0.497 e. The maximum atomic E-state index is 13.0. The van der Waals surface area contributed by atoms with Gasteiger partial charge in [0.1, 0.15) is 23.9 Å². The molecule has 0 spiro atoms. The van der Waals surface area contributed by atoms with E-state index in [2.05, 4.69) is 4.98 Å². The number of hydrogen-bond donors (Lipinski definition) is 1. The number of aromatic nitrogens is 1. The van der Waals surface area contributed by atoms with E-state index in [0.29, 0.717) is 45.9 Å². The minimum Gasteiger partial charge on any atom is -0.497 e. The van der Waals surface area contributed by atoms with Gasteiger partial charge >= 0.3 is 11.9 Å². The summed E-state index contributed by atoms with van der Waals surface area (Å²) in [5.74, 6) is 0.743. The first-order chi connectivity index (χ1) is 18.5. The van der Waals surface area contributed by atoms with Gasteiger partial charge in [0, 0.05) is 16.3 Å². The van der Waals surface area contributed by atoms with E-state index in [1.165, 1.54) is 20.3 Å². The van der Waals surface area contributed by atoms with Crippen LogP contribution in [-0.2, 0) is 16.1 Å². The highest BCUT2D eigenvalue weighted by Gasteiger charge is 2.27. The SMILES string of the molecule is COC(=O)c1cc(Oc2ccc(OC)cc2)c2[nH]c3ccc(OCc4ccccc4)cc3c2c1C(=O)OC. The van der Waals surface area contributed by atoms with Gasteiger partial charge in [0.2, 0.25) is 0 Å². The highest BCUT2D eigenvalue weighted by Crippen LogP contribution is 2.40. The van der Waals surface area contributed by atoms with Crippen LogP contribution in [0.3, 0.4) is 0 Å². The fraction of sp³-hybridized carbons (Fsp3) is 0.133. The lowest BCUT2D eigenvalue weighted by Gasteiger charge is -2.13. The zero-order valence-electron chi connectivity index (χ0n) is 21.1. The molecule has 8 nitrogen and oxygen atoms in total. The number of carbonyl (C=O) groups is 2. The molecule has 1 N–H and O–H groups in total. The summed E-state index contributed by atoms with van der Waals surface area (Å²) in [4.78, 5) is 29.2. The van der Waals surface area contributed by atoms with Gasteiger partial charge in [-0.05, 0) is 54.1 Å². The first kappa shape index (κ1) is 24.7. The summed E-state index contributed by atoms with van der Waals surface area (Å²) >= 11 is 0. The fourth-order valence-electron chi connectivity index (χ4n) is 4.29. The maximum absolute atomic E-state index is 13.0. The molecule has 0 atom stereocenters.